The summed E-state index contributed by atoms with van der Waals surface area (Å²) in [5.41, 5.74) is 2.49. The summed E-state index contributed by atoms with van der Waals surface area (Å²) in [4.78, 5) is 28.8. The molecule has 0 atom stereocenters. The van der Waals surface area contributed by atoms with Gasteiger partial charge in [-0.15, -0.1) is 0 Å². The molecule has 0 aliphatic carbocycles. The Labute approximate surface area is 180 Å². The minimum atomic E-state index is 0.0634. The third-order valence-electron chi connectivity index (χ3n) is 5.78. The van der Waals surface area contributed by atoms with Crippen molar-refractivity contribution in [3.63, 3.8) is 0 Å². The third kappa shape index (κ3) is 4.98. The molecule has 6 nitrogen and oxygen atoms in total. The van der Waals surface area contributed by atoms with Crippen LogP contribution in [-0.2, 0) is 0 Å². The van der Waals surface area contributed by atoms with Crippen LogP contribution in [0.15, 0.2) is 36.7 Å². The minimum Gasteiger partial charge on any atom is -0.353 e. The summed E-state index contributed by atoms with van der Waals surface area (Å²) in [6.07, 6.45) is 3.69. The zero-order valence-corrected chi connectivity index (χ0v) is 19.2. The van der Waals surface area contributed by atoms with Crippen LogP contribution >= 0.6 is 0 Å². The number of carbonyl (C=O) groups is 1. The minimum absolute atomic E-state index is 0.0634. The summed E-state index contributed by atoms with van der Waals surface area (Å²) in [5.74, 6) is 0.993. The van der Waals surface area contributed by atoms with E-state index in [1.54, 1.807) is 0 Å². The molecule has 162 valence electrons. The van der Waals surface area contributed by atoms with Gasteiger partial charge in [-0.05, 0) is 53.7 Å². The smallest absolute Gasteiger partial charge is 0.254 e. The van der Waals surface area contributed by atoms with Crippen LogP contribution in [-0.4, -0.2) is 70.0 Å². The number of hydrogen-bond donors (Lipinski definition) is 0. The van der Waals surface area contributed by atoms with E-state index in [2.05, 4.69) is 33.6 Å². The molecule has 0 spiro atoms. The Balaban J connectivity index is 1.68. The molecule has 1 fully saturated rings. The van der Waals surface area contributed by atoms with E-state index >= 15 is 0 Å². The lowest BCUT2D eigenvalue weighted by Gasteiger charge is -2.37. The van der Waals surface area contributed by atoms with Crippen molar-refractivity contribution < 1.29 is 4.79 Å². The molecular weight excluding hydrogens is 374 g/mol. The number of rotatable bonds is 6. The maximum Gasteiger partial charge on any atom is 0.254 e. The highest BCUT2D eigenvalue weighted by atomic mass is 16.2. The first kappa shape index (κ1) is 22.2. The second-order valence-corrected chi connectivity index (χ2v) is 8.85. The highest BCUT2D eigenvalue weighted by Gasteiger charge is 2.22. The van der Waals surface area contributed by atoms with Crippen LogP contribution in [0.1, 0.15) is 51.9 Å². The Morgan fingerprint density at radius 2 is 1.47 bits per heavy atom. The van der Waals surface area contributed by atoms with Gasteiger partial charge >= 0.3 is 0 Å². The molecule has 30 heavy (non-hydrogen) atoms. The Bertz CT molecular complexity index is 814. The summed E-state index contributed by atoms with van der Waals surface area (Å²) >= 11 is 0. The summed E-state index contributed by atoms with van der Waals surface area (Å²) < 4.78 is 0. The van der Waals surface area contributed by atoms with Crippen LogP contribution in [0.25, 0.3) is 11.3 Å². The summed E-state index contributed by atoms with van der Waals surface area (Å²) in [6, 6.07) is 8.60. The predicted molar refractivity (Wildman–Crippen MR) is 123 cm³/mol. The van der Waals surface area contributed by atoms with Crippen LogP contribution in [0.2, 0.25) is 0 Å². The van der Waals surface area contributed by atoms with Crippen molar-refractivity contribution in [1.82, 2.24) is 19.8 Å². The molecule has 0 radical (unpaired) electrons. The van der Waals surface area contributed by atoms with E-state index < -0.39 is 0 Å². The van der Waals surface area contributed by atoms with Gasteiger partial charge in [0.15, 0.2) is 0 Å². The Hall–Kier alpha value is -2.47. The highest BCUT2D eigenvalue weighted by Crippen LogP contribution is 2.21. The highest BCUT2D eigenvalue weighted by molar-refractivity contribution is 5.95. The molecular formula is C24H35N5O. The number of amides is 1. The Kier molecular flexibility index (Phi) is 7.08. The SMILES string of the molecule is CC(C)N1CCN(c2cnc(-c3ccc(C(=O)N(C(C)C)C(C)C)cc3)cn2)CC1. The lowest BCUT2D eigenvalue weighted by molar-refractivity contribution is 0.0644. The number of nitrogens with zero attached hydrogens (tertiary/aromatic N) is 5. The second-order valence-electron chi connectivity index (χ2n) is 8.85. The number of piperazine rings is 1. The quantitative estimate of drug-likeness (QED) is 0.723. The molecule has 2 aromatic rings. The Morgan fingerprint density at radius 3 is 1.93 bits per heavy atom. The Morgan fingerprint density at radius 1 is 0.867 bits per heavy atom. The number of anilines is 1. The van der Waals surface area contributed by atoms with Crippen molar-refractivity contribution >= 4 is 11.7 Å². The third-order valence-corrected chi connectivity index (χ3v) is 5.78. The van der Waals surface area contributed by atoms with Crippen molar-refractivity contribution in [2.24, 2.45) is 0 Å². The van der Waals surface area contributed by atoms with Gasteiger partial charge in [-0.3, -0.25) is 14.7 Å². The fourth-order valence-corrected chi connectivity index (χ4v) is 4.10. The molecule has 1 aliphatic rings. The number of hydrogen-bond acceptors (Lipinski definition) is 5. The largest absolute Gasteiger partial charge is 0.353 e. The van der Waals surface area contributed by atoms with Gasteiger partial charge in [0.2, 0.25) is 0 Å². The molecule has 0 bridgehead atoms. The molecule has 0 N–H and O–H groups in total. The van der Waals surface area contributed by atoms with E-state index in [0.29, 0.717) is 11.6 Å². The van der Waals surface area contributed by atoms with E-state index in [1.807, 2.05) is 69.3 Å². The second kappa shape index (κ2) is 9.56. The van der Waals surface area contributed by atoms with Gasteiger partial charge < -0.3 is 9.80 Å². The predicted octanol–water partition coefficient (Wildman–Crippen LogP) is 3.93. The molecule has 6 heteroatoms. The van der Waals surface area contributed by atoms with Crippen LogP contribution in [0.5, 0.6) is 0 Å². The molecule has 1 aliphatic heterocycles. The van der Waals surface area contributed by atoms with Crippen molar-refractivity contribution in [2.45, 2.75) is 59.7 Å². The molecule has 1 amide bonds. The van der Waals surface area contributed by atoms with Gasteiger partial charge in [0, 0.05) is 55.4 Å². The zero-order chi connectivity index (χ0) is 21.8. The van der Waals surface area contributed by atoms with Gasteiger partial charge in [0.05, 0.1) is 18.1 Å². The summed E-state index contributed by atoms with van der Waals surface area (Å²) in [7, 11) is 0. The molecule has 0 unspecified atom stereocenters. The molecule has 0 saturated carbocycles. The first-order valence-corrected chi connectivity index (χ1v) is 11.0. The van der Waals surface area contributed by atoms with Gasteiger partial charge in [0.1, 0.15) is 5.82 Å². The van der Waals surface area contributed by atoms with Crippen LogP contribution in [0.3, 0.4) is 0 Å². The molecule has 2 heterocycles. The lowest BCUT2D eigenvalue weighted by atomic mass is 10.1. The standard InChI is InChI=1S/C24H35N5O/c1-17(2)27-11-13-28(14-12-27)23-16-25-22(15-26-23)20-7-9-21(10-8-20)24(30)29(18(3)4)19(5)6/h7-10,15-19H,11-14H2,1-6H3. The molecule has 1 aromatic heterocycles. The fourth-order valence-electron chi connectivity index (χ4n) is 4.10. The topological polar surface area (TPSA) is 52.6 Å². The van der Waals surface area contributed by atoms with Gasteiger partial charge in [-0.1, -0.05) is 12.1 Å². The van der Waals surface area contributed by atoms with Gasteiger partial charge in [-0.2, -0.15) is 0 Å². The van der Waals surface area contributed by atoms with E-state index in [0.717, 1.165) is 43.3 Å². The van der Waals surface area contributed by atoms with E-state index in [9.17, 15) is 4.79 Å². The van der Waals surface area contributed by atoms with E-state index in [-0.39, 0.29) is 18.0 Å². The average Bonchev–Trinajstić information content (AvgIpc) is 2.73. The van der Waals surface area contributed by atoms with Gasteiger partial charge in [0.25, 0.3) is 5.91 Å². The lowest BCUT2D eigenvalue weighted by Crippen LogP contribution is -2.49. The van der Waals surface area contributed by atoms with Crippen molar-refractivity contribution in [3.8, 4) is 11.3 Å². The van der Waals surface area contributed by atoms with E-state index in [1.165, 1.54) is 0 Å². The van der Waals surface area contributed by atoms with Crippen LogP contribution in [0, 0.1) is 0 Å². The van der Waals surface area contributed by atoms with Crippen molar-refractivity contribution in [3.05, 3.63) is 42.2 Å². The number of carbonyl (C=O) groups excluding carboxylic acids is 1. The van der Waals surface area contributed by atoms with E-state index in [4.69, 9.17) is 0 Å². The molecule has 3 rings (SSSR count). The van der Waals surface area contributed by atoms with Crippen LogP contribution < -0.4 is 4.90 Å². The summed E-state index contributed by atoms with van der Waals surface area (Å²) in [5, 5.41) is 0. The van der Waals surface area contributed by atoms with Gasteiger partial charge in [-0.25, -0.2) is 4.98 Å². The molecule has 1 saturated heterocycles. The average molecular weight is 410 g/mol. The first-order valence-electron chi connectivity index (χ1n) is 11.0. The number of aromatic nitrogens is 2. The van der Waals surface area contributed by atoms with Crippen molar-refractivity contribution in [1.29, 1.82) is 0 Å². The molecule has 1 aromatic carbocycles. The van der Waals surface area contributed by atoms with Crippen LogP contribution in [0.4, 0.5) is 5.82 Å². The number of benzene rings is 1. The zero-order valence-electron chi connectivity index (χ0n) is 19.2. The van der Waals surface area contributed by atoms with Crippen molar-refractivity contribution in [2.75, 3.05) is 31.1 Å². The normalized spacial score (nSPS) is 15.3. The maximum absolute atomic E-state index is 12.8. The fraction of sp³-hybridized carbons (Fsp3) is 0.542. The monoisotopic (exact) mass is 409 g/mol. The first-order chi connectivity index (χ1) is 14.3. The maximum atomic E-state index is 12.8. The summed E-state index contributed by atoms with van der Waals surface area (Å²) in [6.45, 7) is 16.7.